The van der Waals surface area contributed by atoms with E-state index in [0.717, 1.165) is 25.7 Å². The van der Waals surface area contributed by atoms with Crippen molar-refractivity contribution in [3.8, 4) is 0 Å². The summed E-state index contributed by atoms with van der Waals surface area (Å²) >= 11 is 10.3. The lowest BCUT2D eigenvalue weighted by Gasteiger charge is -2.11. The van der Waals surface area contributed by atoms with Gasteiger partial charge in [0.15, 0.2) is 0 Å². The lowest BCUT2D eigenvalue weighted by Crippen LogP contribution is -2.01. The highest BCUT2D eigenvalue weighted by Crippen LogP contribution is 2.38. The first-order chi connectivity index (χ1) is 5.42. The summed E-state index contributed by atoms with van der Waals surface area (Å²) in [6, 6.07) is 0. The van der Waals surface area contributed by atoms with Gasteiger partial charge >= 0.3 is 0 Å². The summed E-state index contributed by atoms with van der Waals surface area (Å²) in [5.41, 5.74) is 0. The van der Waals surface area contributed by atoms with E-state index in [9.17, 15) is 0 Å². The molecule has 0 amide bonds. The molecule has 0 rings (SSSR count). The van der Waals surface area contributed by atoms with Crippen molar-refractivity contribution in [2.45, 2.75) is 47.3 Å². The highest BCUT2D eigenvalue weighted by atomic mass is 80.0. The molecule has 4 heteroatoms. The fraction of sp³-hybridized carbons (Fsp3) is 1.00. The fourth-order valence-electron chi connectivity index (χ4n) is 0.942. The molecule has 0 saturated carbocycles. The van der Waals surface area contributed by atoms with Crippen LogP contribution in [0.5, 0.6) is 0 Å². The van der Waals surface area contributed by atoms with E-state index in [1.165, 1.54) is 6.42 Å². The second kappa shape index (κ2) is 6.80. The molecule has 74 valence electrons. The van der Waals surface area contributed by atoms with Gasteiger partial charge in [0.25, 0.3) is 0 Å². The predicted octanol–water partition coefficient (Wildman–Crippen LogP) is 4.16. The predicted molar refractivity (Wildman–Crippen MR) is 64.3 cm³/mol. The average Bonchev–Trinajstić information content (AvgIpc) is 1.83. The molecule has 0 aliphatic carbocycles. The number of halogens is 3. The van der Waals surface area contributed by atoms with Crippen LogP contribution in [0.4, 0.5) is 0 Å². The molecule has 0 heterocycles. The normalized spacial score (nSPS) is 14.8. The molecule has 0 aromatic carbocycles. The van der Waals surface area contributed by atoms with Crippen LogP contribution in [0.2, 0.25) is 0 Å². The van der Waals surface area contributed by atoms with E-state index in [4.69, 9.17) is 5.11 Å². The van der Waals surface area contributed by atoms with Crippen molar-refractivity contribution < 1.29 is 5.11 Å². The van der Waals surface area contributed by atoms with E-state index in [2.05, 4.69) is 47.8 Å². The smallest absolute Gasteiger partial charge is 0.135 e. The first-order valence-corrected chi connectivity index (χ1v) is 6.54. The quantitative estimate of drug-likeness (QED) is 0.572. The van der Waals surface area contributed by atoms with Crippen molar-refractivity contribution in [1.82, 2.24) is 0 Å². The van der Waals surface area contributed by atoms with Gasteiger partial charge in [-0.25, -0.2) is 0 Å². The Morgan fingerprint density at radius 2 is 1.75 bits per heavy atom. The van der Waals surface area contributed by atoms with Gasteiger partial charge in [-0.1, -0.05) is 67.1 Å². The maximum atomic E-state index is 8.98. The number of unbranched alkanes of at least 4 members (excludes halogenated alkanes) is 2. The Kier molecular flexibility index (Phi) is 7.59. The minimum atomic E-state index is -0.147. The topological polar surface area (TPSA) is 20.2 Å². The first kappa shape index (κ1) is 13.4. The van der Waals surface area contributed by atoms with Crippen LogP contribution in [0.25, 0.3) is 0 Å². The molecule has 0 aliphatic rings. The van der Waals surface area contributed by atoms with E-state index in [1.54, 1.807) is 0 Å². The molecule has 12 heavy (non-hydrogen) atoms. The molecular weight excluding hydrogens is 352 g/mol. The van der Waals surface area contributed by atoms with Crippen molar-refractivity contribution in [1.29, 1.82) is 0 Å². The molecule has 0 aliphatic heterocycles. The van der Waals surface area contributed by atoms with Gasteiger partial charge in [-0.05, 0) is 19.8 Å². The number of alkyl halides is 3. The molecule has 0 bridgehead atoms. The van der Waals surface area contributed by atoms with Gasteiger partial charge in [0.1, 0.15) is 2.14 Å². The molecule has 0 spiro atoms. The molecule has 0 aromatic rings. The van der Waals surface area contributed by atoms with Crippen LogP contribution in [0.15, 0.2) is 0 Å². The Morgan fingerprint density at radius 1 is 1.17 bits per heavy atom. The molecule has 0 saturated heterocycles. The Morgan fingerprint density at radius 3 is 2.17 bits per heavy atom. The monoisotopic (exact) mass is 364 g/mol. The SMILES string of the molecule is CC(O)CCCCCC(Br)(Br)Br. The van der Waals surface area contributed by atoms with Crippen LogP contribution in [0.1, 0.15) is 39.0 Å². The lowest BCUT2D eigenvalue weighted by atomic mass is 10.1. The second-order valence-corrected chi connectivity index (χ2v) is 10.3. The van der Waals surface area contributed by atoms with Gasteiger partial charge in [-0.3, -0.25) is 0 Å². The summed E-state index contributed by atoms with van der Waals surface area (Å²) in [7, 11) is 0. The van der Waals surface area contributed by atoms with Gasteiger partial charge in [0, 0.05) is 0 Å². The Bertz CT molecular complexity index is 109. The zero-order valence-electron chi connectivity index (χ0n) is 7.19. The van der Waals surface area contributed by atoms with E-state index in [1.807, 2.05) is 6.92 Å². The molecule has 0 aromatic heterocycles. The standard InChI is InChI=1S/C8H15Br3O/c1-7(12)5-3-2-4-6-8(9,10)11/h7,12H,2-6H2,1H3. The molecule has 1 atom stereocenters. The zero-order valence-corrected chi connectivity index (χ0v) is 12.0. The summed E-state index contributed by atoms with van der Waals surface area (Å²) in [5, 5.41) is 8.98. The minimum Gasteiger partial charge on any atom is -0.393 e. The third kappa shape index (κ3) is 11.4. The summed E-state index contributed by atoms with van der Waals surface area (Å²) in [6.45, 7) is 1.84. The van der Waals surface area contributed by atoms with Crippen LogP contribution >= 0.6 is 47.8 Å². The Balaban J connectivity index is 3.12. The minimum absolute atomic E-state index is 0.0855. The molecule has 1 unspecified atom stereocenters. The molecule has 1 nitrogen and oxygen atoms in total. The van der Waals surface area contributed by atoms with Crippen molar-refractivity contribution in [2.75, 3.05) is 0 Å². The summed E-state index contributed by atoms with van der Waals surface area (Å²) in [4.78, 5) is 0. The highest BCUT2D eigenvalue weighted by Gasteiger charge is 2.15. The van der Waals surface area contributed by atoms with Crippen LogP contribution < -0.4 is 0 Å². The molecule has 1 N–H and O–H groups in total. The van der Waals surface area contributed by atoms with Crippen molar-refractivity contribution in [3.05, 3.63) is 0 Å². The maximum absolute atomic E-state index is 8.98. The largest absolute Gasteiger partial charge is 0.393 e. The lowest BCUT2D eigenvalue weighted by molar-refractivity contribution is 0.180. The molecule has 0 fully saturated rings. The van der Waals surface area contributed by atoms with Crippen LogP contribution in [0.3, 0.4) is 0 Å². The van der Waals surface area contributed by atoms with E-state index in [-0.39, 0.29) is 8.25 Å². The second-order valence-electron chi connectivity index (χ2n) is 3.06. The number of aliphatic hydroxyl groups excluding tert-OH is 1. The van der Waals surface area contributed by atoms with Crippen molar-refractivity contribution in [3.63, 3.8) is 0 Å². The summed E-state index contributed by atoms with van der Waals surface area (Å²) in [5.74, 6) is 0. The maximum Gasteiger partial charge on any atom is 0.135 e. The number of hydrogen-bond donors (Lipinski definition) is 1. The van der Waals surface area contributed by atoms with Crippen LogP contribution in [-0.4, -0.2) is 13.4 Å². The Labute approximate surface area is 99.7 Å². The average molecular weight is 367 g/mol. The van der Waals surface area contributed by atoms with Crippen LogP contribution in [0, 0.1) is 0 Å². The highest BCUT2D eigenvalue weighted by molar-refractivity contribution is 9.39. The third-order valence-electron chi connectivity index (χ3n) is 1.58. The van der Waals surface area contributed by atoms with Gasteiger partial charge < -0.3 is 5.11 Å². The van der Waals surface area contributed by atoms with E-state index >= 15 is 0 Å². The number of rotatable bonds is 5. The summed E-state index contributed by atoms with van der Waals surface area (Å²) in [6.07, 6.45) is 5.27. The Hall–Kier alpha value is 1.40. The molecule has 0 radical (unpaired) electrons. The third-order valence-corrected chi connectivity index (χ3v) is 2.77. The first-order valence-electron chi connectivity index (χ1n) is 4.16. The number of aliphatic hydroxyl groups is 1. The van der Waals surface area contributed by atoms with E-state index < -0.39 is 0 Å². The zero-order chi connectivity index (χ0) is 9.61. The van der Waals surface area contributed by atoms with Crippen molar-refractivity contribution >= 4 is 47.8 Å². The fourth-order valence-corrected chi connectivity index (χ4v) is 1.78. The van der Waals surface area contributed by atoms with Gasteiger partial charge in [0.2, 0.25) is 0 Å². The van der Waals surface area contributed by atoms with Gasteiger partial charge in [-0.2, -0.15) is 0 Å². The summed E-state index contributed by atoms with van der Waals surface area (Å²) < 4.78 is -0.0855. The molecular formula is C8H15Br3O. The van der Waals surface area contributed by atoms with E-state index in [0.29, 0.717) is 0 Å². The van der Waals surface area contributed by atoms with Crippen LogP contribution in [-0.2, 0) is 0 Å². The van der Waals surface area contributed by atoms with Gasteiger partial charge in [-0.15, -0.1) is 0 Å². The van der Waals surface area contributed by atoms with Crippen molar-refractivity contribution in [2.24, 2.45) is 0 Å². The van der Waals surface area contributed by atoms with Gasteiger partial charge in [0.05, 0.1) is 6.10 Å². The number of hydrogen-bond acceptors (Lipinski definition) is 1.